The van der Waals surface area contributed by atoms with Crippen LogP contribution in [0.15, 0.2) is 54.7 Å². The number of hydrogen-bond acceptors (Lipinski definition) is 5. The van der Waals surface area contributed by atoms with Gasteiger partial charge in [-0.15, -0.1) is 0 Å². The van der Waals surface area contributed by atoms with Gasteiger partial charge in [-0.3, -0.25) is 19.7 Å². The highest BCUT2D eigenvalue weighted by Gasteiger charge is 2.13. The van der Waals surface area contributed by atoms with Crippen LogP contribution in [-0.4, -0.2) is 36.5 Å². The number of fused-ring (bicyclic) bond motifs is 1. The summed E-state index contributed by atoms with van der Waals surface area (Å²) in [5, 5.41) is 3.32. The van der Waals surface area contributed by atoms with Crippen LogP contribution in [0.2, 0.25) is 0 Å². The molecule has 0 unspecified atom stereocenters. The van der Waals surface area contributed by atoms with Crippen LogP contribution in [0.5, 0.6) is 5.75 Å². The van der Waals surface area contributed by atoms with Crippen molar-refractivity contribution < 1.29 is 23.9 Å². The van der Waals surface area contributed by atoms with Crippen molar-refractivity contribution in [3.8, 4) is 5.75 Å². The number of aromatic amines is 1. The molecule has 0 aliphatic rings. The number of hydrogen-bond donors (Lipinski definition) is 2. The first-order valence-electron chi connectivity index (χ1n) is 9.25. The summed E-state index contributed by atoms with van der Waals surface area (Å²) in [6, 6.07) is 14.3. The third kappa shape index (κ3) is 5.44. The number of rotatable bonds is 8. The summed E-state index contributed by atoms with van der Waals surface area (Å²) in [5.41, 5.74) is 2.50. The standard InChI is InChI=1S/C22H22N2O5/c1-28-17-11-9-15(10-12-17)22(27)24-20(25)14-29-21(26)8-4-5-16-13-23-19-7-3-2-6-18(16)19/h2-3,6-7,9-13,23H,4-5,8,14H2,1H3,(H,24,25,27). The highest BCUT2D eigenvalue weighted by atomic mass is 16.5. The summed E-state index contributed by atoms with van der Waals surface area (Å²) in [7, 11) is 1.52. The summed E-state index contributed by atoms with van der Waals surface area (Å²) in [5.74, 6) is -1.10. The number of imide groups is 1. The van der Waals surface area contributed by atoms with E-state index in [1.807, 2.05) is 30.5 Å². The van der Waals surface area contributed by atoms with Crippen LogP contribution in [0, 0.1) is 0 Å². The number of benzene rings is 2. The van der Waals surface area contributed by atoms with Gasteiger partial charge >= 0.3 is 5.97 Å². The SMILES string of the molecule is COc1ccc(C(=O)NC(=O)COC(=O)CCCc2c[nH]c3ccccc23)cc1. The molecular formula is C22H22N2O5. The smallest absolute Gasteiger partial charge is 0.306 e. The molecule has 150 valence electrons. The molecule has 3 aromatic rings. The summed E-state index contributed by atoms with van der Waals surface area (Å²) < 4.78 is 9.97. The van der Waals surface area contributed by atoms with Crippen LogP contribution in [0.1, 0.15) is 28.8 Å². The molecule has 3 rings (SSSR count). The lowest BCUT2D eigenvalue weighted by Crippen LogP contribution is -2.34. The van der Waals surface area contributed by atoms with Crippen LogP contribution in [0.25, 0.3) is 10.9 Å². The lowest BCUT2D eigenvalue weighted by molar-refractivity contribution is -0.148. The van der Waals surface area contributed by atoms with Crippen LogP contribution < -0.4 is 10.1 Å². The minimum absolute atomic E-state index is 0.194. The average Bonchev–Trinajstić information content (AvgIpc) is 3.15. The number of methoxy groups -OCH3 is 1. The molecule has 2 N–H and O–H groups in total. The molecule has 7 heteroatoms. The quantitative estimate of drug-likeness (QED) is 0.573. The van der Waals surface area contributed by atoms with Crippen molar-refractivity contribution in [1.82, 2.24) is 10.3 Å². The molecule has 2 amide bonds. The highest BCUT2D eigenvalue weighted by molar-refractivity contribution is 6.05. The topological polar surface area (TPSA) is 97.5 Å². The molecule has 0 bridgehead atoms. The van der Waals surface area contributed by atoms with E-state index in [1.54, 1.807) is 12.1 Å². The fraction of sp³-hybridized carbons (Fsp3) is 0.227. The lowest BCUT2D eigenvalue weighted by atomic mass is 10.1. The molecule has 1 aromatic heterocycles. The molecule has 2 aromatic carbocycles. The maximum Gasteiger partial charge on any atom is 0.306 e. The van der Waals surface area contributed by atoms with Crippen molar-refractivity contribution >= 4 is 28.7 Å². The summed E-state index contributed by atoms with van der Waals surface area (Å²) in [6.07, 6.45) is 3.46. The van der Waals surface area contributed by atoms with Gasteiger partial charge in [-0.25, -0.2) is 0 Å². The Balaban J connectivity index is 1.38. The Morgan fingerprint density at radius 2 is 1.79 bits per heavy atom. The highest BCUT2D eigenvalue weighted by Crippen LogP contribution is 2.19. The number of carbonyl (C=O) groups is 3. The van der Waals surface area contributed by atoms with Crippen LogP contribution >= 0.6 is 0 Å². The molecule has 7 nitrogen and oxygen atoms in total. The van der Waals surface area contributed by atoms with Crippen molar-refractivity contribution in [2.24, 2.45) is 0 Å². The third-order valence-electron chi connectivity index (χ3n) is 4.47. The zero-order chi connectivity index (χ0) is 20.6. The zero-order valence-corrected chi connectivity index (χ0v) is 16.1. The Bertz CT molecular complexity index is 1010. The van der Waals surface area contributed by atoms with Crippen molar-refractivity contribution in [3.05, 3.63) is 65.9 Å². The normalized spacial score (nSPS) is 10.5. The number of aryl methyl sites for hydroxylation is 1. The first-order valence-corrected chi connectivity index (χ1v) is 9.25. The number of amides is 2. The molecule has 0 aliphatic heterocycles. The first kappa shape index (κ1) is 20.1. The fourth-order valence-corrected chi connectivity index (χ4v) is 2.96. The molecule has 0 fully saturated rings. The van der Waals surface area contributed by atoms with E-state index in [-0.39, 0.29) is 6.42 Å². The second-order valence-corrected chi connectivity index (χ2v) is 6.48. The zero-order valence-electron chi connectivity index (χ0n) is 16.1. The second-order valence-electron chi connectivity index (χ2n) is 6.48. The van der Waals surface area contributed by atoms with E-state index in [0.717, 1.165) is 22.9 Å². The number of nitrogens with one attached hydrogen (secondary N) is 2. The van der Waals surface area contributed by atoms with E-state index in [1.165, 1.54) is 19.2 Å². The van der Waals surface area contributed by atoms with Crippen LogP contribution in [0.4, 0.5) is 0 Å². The largest absolute Gasteiger partial charge is 0.497 e. The van der Waals surface area contributed by atoms with Gasteiger partial charge in [-0.1, -0.05) is 18.2 Å². The molecule has 1 heterocycles. The van der Waals surface area contributed by atoms with Gasteiger partial charge in [0.1, 0.15) is 5.75 Å². The fourth-order valence-electron chi connectivity index (χ4n) is 2.96. The first-order chi connectivity index (χ1) is 14.1. The van der Waals surface area contributed by atoms with Gasteiger partial charge in [-0.2, -0.15) is 0 Å². The minimum atomic E-state index is -0.671. The molecule has 0 spiro atoms. The van der Waals surface area contributed by atoms with Gasteiger partial charge in [0.15, 0.2) is 6.61 Å². The molecule has 0 aliphatic carbocycles. The number of H-pyrrole nitrogens is 1. The number of para-hydroxylation sites is 1. The number of ether oxygens (including phenoxy) is 2. The summed E-state index contributed by atoms with van der Waals surface area (Å²) in [6.45, 7) is -0.492. The van der Waals surface area contributed by atoms with Crippen molar-refractivity contribution in [1.29, 1.82) is 0 Å². The van der Waals surface area contributed by atoms with E-state index in [4.69, 9.17) is 9.47 Å². The minimum Gasteiger partial charge on any atom is -0.497 e. The molecule has 0 radical (unpaired) electrons. The maximum atomic E-state index is 12.0. The Morgan fingerprint density at radius 3 is 2.55 bits per heavy atom. The van der Waals surface area contributed by atoms with E-state index in [0.29, 0.717) is 17.7 Å². The second kappa shape index (κ2) is 9.54. The summed E-state index contributed by atoms with van der Waals surface area (Å²) >= 11 is 0. The van der Waals surface area contributed by atoms with Gasteiger partial charge in [0, 0.05) is 29.1 Å². The van der Waals surface area contributed by atoms with Gasteiger partial charge in [0.25, 0.3) is 11.8 Å². The van der Waals surface area contributed by atoms with Crippen molar-refractivity contribution in [2.75, 3.05) is 13.7 Å². The van der Waals surface area contributed by atoms with Crippen LogP contribution in [-0.2, 0) is 20.7 Å². The Kier molecular flexibility index (Phi) is 6.63. The van der Waals surface area contributed by atoms with Gasteiger partial charge in [-0.05, 0) is 48.7 Å². The number of carbonyl (C=O) groups excluding carboxylic acids is 3. The van der Waals surface area contributed by atoms with Crippen molar-refractivity contribution in [2.45, 2.75) is 19.3 Å². The predicted octanol–water partition coefficient (Wildman–Crippen LogP) is 3.00. The monoisotopic (exact) mass is 394 g/mol. The third-order valence-corrected chi connectivity index (χ3v) is 4.47. The van der Waals surface area contributed by atoms with Gasteiger partial charge in [0.05, 0.1) is 7.11 Å². The number of aromatic nitrogens is 1. The van der Waals surface area contributed by atoms with Crippen molar-refractivity contribution in [3.63, 3.8) is 0 Å². The van der Waals surface area contributed by atoms with E-state index >= 15 is 0 Å². The maximum absolute atomic E-state index is 12.0. The molecular weight excluding hydrogens is 372 g/mol. The van der Waals surface area contributed by atoms with Gasteiger partial charge in [0.2, 0.25) is 0 Å². The summed E-state index contributed by atoms with van der Waals surface area (Å²) in [4.78, 5) is 38.9. The van der Waals surface area contributed by atoms with Crippen LogP contribution in [0.3, 0.4) is 0 Å². The molecule has 0 saturated heterocycles. The lowest BCUT2D eigenvalue weighted by Gasteiger charge is -2.06. The van der Waals surface area contributed by atoms with E-state index in [2.05, 4.69) is 10.3 Å². The van der Waals surface area contributed by atoms with E-state index < -0.39 is 24.4 Å². The molecule has 0 atom stereocenters. The predicted molar refractivity (Wildman–Crippen MR) is 108 cm³/mol. The Hall–Kier alpha value is -3.61. The average molecular weight is 394 g/mol. The van der Waals surface area contributed by atoms with Gasteiger partial charge < -0.3 is 14.5 Å². The molecule has 29 heavy (non-hydrogen) atoms. The molecule has 0 saturated carbocycles. The Morgan fingerprint density at radius 1 is 1.03 bits per heavy atom. The number of esters is 1. The Labute approximate surface area is 168 Å². The van der Waals surface area contributed by atoms with E-state index in [9.17, 15) is 14.4 Å².